The van der Waals surface area contributed by atoms with E-state index in [-0.39, 0.29) is 5.69 Å². The van der Waals surface area contributed by atoms with Crippen LogP contribution in [0.4, 0.5) is 11.4 Å². The molecular formula is C19H22N2O6S. The van der Waals surface area contributed by atoms with Gasteiger partial charge >= 0.3 is 5.97 Å². The van der Waals surface area contributed by atoms with Gasteiger partial charge in [-0.1, -0.05) is 24.3 Å². The molecule has 0 saturated carbocycles. The number of rotatable bonds is 7. The van der Waals surface area contributed by atoms with Crippen molar-refractivity contribution in [2.24, 2.45) is 0 Å². The molecule has 0 fully saturated rings. The molecule has 0 spiro atoms. The quantitative estimate of drug-likeness (QED) is 0.396. The standard InChI is InChI=1S/C19H22N2O6S/c1-13(2)27-19(22)12-20(16-10-7-8-14(3)15(16)4)28(25,26)18-11-6-5-9-17(18)21(23)24/h5-11,13H,12H2,1-4H3. The van der Waals surface area contributed by atoms with E-state index in [0.717, 1.165) is 22.0 Å². The summed E-state index contributed by atoms with van der Waals surface area (Å²) < 4.78 is 32.7. The lowest BCUT2D eigenvalue weighted by Gasteiger charge is -2.26. The van der Waals surface area contributed by atoms with Crippen LogP contribution < -0.4 is 4.31 Å². The first-order chi connectivity index (χ1) is 13.1. The van der Waals surface area contributed by atoms with E-state index < -0.39 is 44.1 Å². The topological polar surface area (TPSA) is 107 Å². The van der Waals surface area contributed by atoms with E-state index in [2.05, 4.69) is 0 Å². The Morgan fingerprint density at radius 3 is 2.39 bits per heavy atom. The number of benzene rings is 2. The Morgan fingerprint density at radius 2 is 1.79 bits per heavy atom. The number of anilines is 1. The third-order valence-electron chi connectivity index (χ3n) is 4.11. The number of para-hydroxylation sites is 1. The maximum absolute atomic E-state index is 13.4. The fourth-order valence-corrected chi connectivity index (χ4v) is 4.29. The highest BCUT2D eigenvalue weighted by atomic mass is 32.2. The van der Waals surface area contributed by atoms with Gasteiger partial charge in [0.05, 0.1) is 16.7 Å². The zero-order valence-electron chi connectivity index (χ0n) is 16.1. The van der Waals surface area contributed by atoms with E-state index in [0.29, 0.717) is 5.56 Å². The molecule has 0 radical (unpaired) electrons. The largest absolute Gasteiger partial charge is 0.462 e. The average Bonchev–Trinajstić information content (AvgIpc) is 2.61. The molecule has 150 valence electrons. The summed E-state index contributed by atoms with van der Waals surface area (Å²) >= 11 is 0. The van der Waals surface area contributed by atoms with Crippen molar-refractivity contribution in [1.29, 1.82) is 0 Å². The number of nitro groups is 1. The van der Waals surface area contributed by atoms with Gasteiger partial charge in [0.15, 0.2) is 4.90 Å². The van der Waals surface area contributed by atoms with Gasteiger partial charge < -0.3 is 4.74 Å². The molecule has 0 N–H and O–H groups in total. The van der Waals surface area contributed by atoms with Crippen LogP contribution >= 0.6 is 0 Å². The van der Waals surface area contributed by atoms with Crippen molar-refractivity contribution >= 4 is 27.4 Å². The first-order valence-electron chi connectivity index (χ1n) is 8.57. The Bertz CT molecular complexity index is 1000. The minimum absolute atomic E-state index is 0.263. The summed E-state index contributed by atoms with van der Waals surface area (Å²) in [6.07, 6.45) is -0.429. The molecule has 0 unspecified atom stereocenters. The summed E-state index contributed by atoms with van der Waals surface area (Å²) in [7, 11) is -4.41. The predicted octanol–water partition coefficient (Wildman–Crippen LogP) is 3.36. The molecule has 0 aromatic heterocycles. The van der Waals surface area contributed by atoms with Gasteiger partial charge in [0, 0.05) is 6.07 Å². The monoisotopic (exact) mass is 406 g/mol. The Balaban J connectivity index is 2.66. The van der Waals surface area contributed by atoms with Crippen LogP contribution in [-0.4, -0.2) is 32.0 Å². The van der Waals surface area contributed by atoms with Gasteiger partial charge in [-0.3, -0.25) is 19.2 Å². The third kappa shape index (κ3) is 4.48. The number of hydrogen-bond acceptors (Lipinski definition) is 6. The summed E-state index contributed by atoms with van der Waals surface area (Å²) in [6, 6.07) is 10.1. The average molecular weight is 406 g/mol. The third-order valence-corrected chi connectivity index (χ3v) is 5.92. The molecule has 0 amide bonds. The van der Waals surface area contributed by atoms with Crippen LogP contribution in [0.1, 0.15) is 25.0 Å². The molecule has 0 bridgehead atoms. The SMILES string of the molecule is Cc1cccc(N(CC(=O)OC(C)C)S(=O)(=O)c2ccccc2[N+](=O)[O-])c1C. The molecule has 2 aromatic carbocycles. The molecule has 0 atom stereocenters. The molecule has 9 heteroatoms. The number of nitro benzene ring substituents is 1. The highest BCUT2D eigenvalue weighted by molar-refractivity contribution is 7.93. The van der Waals surface area contributed by atoms with Gasteiger partial charge in [0.2, 0.25) is 0 Å². The van der Waals surface area contributed by atoms with Crippen LogP contribution in [0.25, 0.3) is 0 Å². The number of esters is 1. The van der Waals surface area contributed by atoms with Crippen LogP contribution in [0.15, 0.2) is 47.4 Å². The van der Waals surface area contributed by atoms with Crippen molar-refractivity contribution in [2.75, 3.05) is 10.8 Å². The summed E-state index contributed by atoms with van der Waals surface area (Å²) in [5, 5.41) is 11.3. The van der Waals surface area contributed by atoms with Gasteiger partial charge in [-0.15, -0.1) is 0 Å². The van der Waals surface area contributed by atoms with E-state index in [4.69, 9.17) is 4.74 Å². The van der Waals surface area contributed by atoms with Crippen LogP contribution in [0.2, 0.25) is 0 Å². The van der Waals surface area contributed by atoms with E-state index in [1.807, 2.05) is 0 Å². The van der Waals surface area contributed by atoms with Crippen molar-refractivity contribution in [2.45, 2.75) is 38.7 Å². The normalized spacial score (nSPS) is 11.3. The lowest BCUT2D eigenvalue weighted by atomic mass is 10.1. The molecule has 0 saturated heterocycles. The van der Waals surface area contributed by atoms with Crippen molar-refractivity contribution in [3.63, 3.8) is 0 Å². The fraction of sp³-hybridized carbons (Fsp3) is 0.316. The molecule has 8 nitrogen and oxygen atoms in total. The minimum atomic E-state index is -4.41. The molecule has 0 heterocycles. The van der Waals surface area contributed by atoms with Crippen LogP contribution in [-0.2, 0) is 19.6 Å². The Morgan fingerprint density at radius 1 is 1.14 bits per heavy atom. The number of sulfonamides is 1. The first kappa shape index (κ1) is 21.4. The number of ether oxygens (including phenoxy) is 1. The predicted molar refractivity (Wildman–Crippen MR) is 105 cm³/mol. The summed E-state index contributed by atoms with van der Waals surface area (Å²) in [5.74, 6) is -0.752. The molecule has 0 aliphatic rings. The molecule has 0 aliphatic carbocycles. The van der Waals surface area contributed by atoms with Gasteiger partial charge in [-0.2, -0.15) is 0 Å². The molecule has 0 aliphatic heterocycles. The Hall–Kier alpha value is -2.94. The smallest absolute Gasteiger partial charge is 0.327 e. The molecular weight excluding hydrogens is 384 g/mol. The summed E-state index contributed by atoms with van der Waals surface area (Å²) in [5.41, 5.74) is 1.16. The molecule has 2 rings (SSSR count). The Labute approximate surface area is 163 Å². The van der Waals surface area contributed by atoms with E-state index in [1.54, 1.807) is 45.9 Å². The van der Waals surface area contributed by atoms with Gasteiger partial charge in [-0.25, -0.2) is 8.42 Å². The van der Waals surface area contributed by atoms with E-state index in [9.17, 15) is 23.3 Å². The summed E-state index contributed by atoms with van der Waals surface area (Å²) in [4.78, 5) is 22.4. The zero-order chi connectivity index (χ0) is 21.1. The van der Waals surface area contributed by atoms with Gasteiger partial charge in [-0.05, 0) is 51.0 Å². The van der Waals surface area contributed by atoms with Crippen molar-refractivity contribution in [3.05, 3.63) is 63.7 Å². The maximum Gasteiger partial charge on any atom is 0.327 e. The van der Waals surface area contributed by atoms with Crippen LogP contribution in [0.3, 0.4) is 0 Å². The lowest BCUT2D eigenvalue weighted by molar-refractivity contribution is -0.387. The second-order valence-corrected chi connectivity index (χ2v) is 8.32. The Kier molecular flexibility index (Phi) is 6.40. The minimum Gasteiger partial charge on any atom is -0.462 e. The second kappa shape index (κ2) is 8.39. The number of aryl methyl sites for hydroxylation is 1. The number of hydrogen-bond donors (Lipinski definition) is 0. The fourth-order valence-electron chi connectivity index (χ4n) is 2.67. The van der Waals surface area contributed by atoms with E-state index in [1.165, 1.54) is 12.1 Å². The first-order valence-corrected chi connectivity index (χ1v) is 10.0. The maximum atomic E-state index is 13.4. The van der Waals surface area contributed by atoms with Crippen molar-refractivity contribution < 1.29 is 22.9 Å². The van der Waals surface area contributed by atoms with Crippen molar-refractivity contribution in [3.8, 4) is 0 Å². The number of carbonyl (C=O) groups is 1. The number of nitrogens with zero attached hydrogens (tertiary/aromatic N) is 2. The lowest BCUT2D eigenvalue weighted by Crippen LogP contribution is -2.38. The van der Waals surface area contributed by atoms with E-state index >= 15 is 0 Å². The van der Waals surface area contributed by atoms with Gasteiger partial charge in [0.1, 0.15) is 6.54 Å². The second-order valence-electron chi connectivity index (χ2n) is 6.49. The number of carbonyl (C=O) groups excluding carboxylic acids is 1. The molecule has 28 heavy (non-hydrogen) atoms. The van der Waals surface area contributed by atoms with Crippen LogP contribution in [0.5, 0.6) is 0 Å². The van der Waals surface area contributed by atoms with Crippen LogP contribution in [0, 0.1) is 24.0 Å². The van der Waals surface area contributed by atoms with Crippen molar-refractivity contribution in [1.82, 2.24) is 0 Å². The van der Waals surface area contributed by atoms with Gasteiger partial charge in [0.25, 0.3) is 15.7 Å². The highest BCUT2D eigenvalue weighted by Gasteiger charge is 2.34. The highest BCUT2D eigenvalue weighted by Crippen LogP contribution is 2.32. The zero-order valence-corrected chi connectivity index (χ0v) is 16.9. The summed E-state index contributed by atoms with van der Waals surface area (Å²) in [6.45, 7) is 6.23. The molecule has 2 aromatic rings.